The van der Waals surface area contributed by atoms with Crippen LogP contribution < -0.4 is 5.32 Å². The molecule has 180 valence electrons. The van der Waals surface area contributed by atoms with Gasteiger partial charge in [-0.05, 0) is 29.7 Å². The van der Waals surface area contributed by atoms with E-state index in [1.165, 1.54) is 36.2 Å². The van der Waals surface area contributed by atoms with Crippen molar-refractivity contribution in [1.82, 2.24) is 14.5 Å². The highest BCUT2D eigenvalue weighted by molar-refractivity contribution is 7.88. The number of nitrogens with zero attached hydrogens (tertiary/aromatic N) is 2. The Kier molecular flexibility index (Phi) is 9.95. The predicted molar refractivity (Wildman–Crippen MR) is 123 cm³/mol. The van der Waals surface area contributed by atoms with Crippen LogP contribution in [0.15, 0.2) is 54.6 Å². The van der Waals surface area contributed by atoms with Gasteiger partial charge >= 0.3 is 0 Å². The van der Waals surface area contributed by atoms with Crippen molar-refractivity contribution < 1.29 is 27.1 Å². The molecule has 1 unspecified atom stereocenters. The number of carbonyl (C=O) groups excluding carboxylic acids is 2. The van der Waals surface area contributed by atoms with Gasteiger partial charge in [0.25, 0.3) is 0 Å². The van der Waals surface area contributed by atoms with Gasteiger partial charge in [-0.1, -0.05) is 42.5 Å². The van der Waals surface area contributed by atoms with Gasteiger partial charge in [-0.25, -0.2) is 12.8 Å². The van der Waals surface area contributed by atoms with Gasteiger partial charge in [-0.2, -0.15) is 4.31 Å². The van der Waals surface area contributed by atoms with E-state index in [4.69, 9.17) is 4.74 Å². The van der Waals surface area contributed by atoms with Gasteiger partial charge in [-0.15, -0.1) is 0 Å². The minimum absolute atomic E-state index is 0.0121. The van der Waals surface area contributed by atoms with Crippen molar-refractivity contribution in [2.45, 2.75) is 19.0 Å². The number of halogens is 1. The lowest BCUT2D eigenvalue weighted by atomic mass is 10.0. The summed E-state index contributed by atoms with van der Waals surface area (Å²) in [4.78, 5) is 27.9. The van der Waals surface area contributed by atoms with E-state index in [1.807, 2.05) is 0 Å². The first-order valence-electron chi connectivity index (χ1n) is 10.4. The van der Waals surface area contributed by atoms with Crippen LogP contribution in [-0.2, 0) is 30.9 Å². The molecule has 0 heterocycles. The average molecular weight is 480 g/mol. The lowest BCUT2D eigenvalue weighted by molar-refractivity contribution is -0.141. The van der Waals surface area contributed by atoms with Crippen LogP contribution in [0, 0.1) is 5.82 Å². The maximum atomic E-state index is 13.4. The van der Waals surface area contributed by atoms with E-state index in [2.05, 4.69) is 5.32 Å². The molecule has 0 fully saturated rings. The number of likely N-dealkylation sites (N-methyl/N-ethyl adjacent to an activating group) is 1. The van der Waals surface area contributed by atoms with Crippen molar-refractivity contribution in [1.29, 1.82) is 0 Å². The Morgan fingerprint density at radius 1 is 1.09 bits per heavy atom. The van der Waals surface area contributed by atoms with E-state index in [0.29, 0.717) is 30.7 Å². The third-order valence-electron chi connectivity index (χ3n) is 5.01. The van der Waals surface area contributed by atoms with Gasteiger partial charge in [0.15, 0.2) is 0 Å². The Labute approximate surface area is 194 Å². The summed E-state index contributed by atoms with van der Waals surface area (Å²) >= 11 is 0. The molecule has 0 aliphatic rings. The number of rotatable bonds is 12. The molecule has 2 rings (SSSR count). The second kappa shape index (κ2) is 12.4. The number of hydrogen-bond acceptors (Lipinski definition) is 5. The molecule has 2 aromatic rings. The number of nitrogens with one attached hydrogen (secondary N) is 1. The summed E-state index contributed by atoms with van der Waals surface area (Å²) in [6.45, 7) is 0.355. The van der Waals surface area contributed by atoms with Crippen LogP contribution >= 0.6 is 0 Å². The fraction of sp³-hybridized carbons (Fsp3) is 0.391. The Morgan fingerprint density at radius 2 is 1.73 bits per heavy atom. The first-order valence-corrected chi connectivity index (χ1v) is 12.2. The predicted octanol–water partition coefficient (Wildman–Crippen LogP) is 1.94. The Balaban J connectivity index is 2.42. The number of carbonyl (C=O) groups is 2. The molecule has 0 saturated carbocycles. The second-order valence-corrected chi connectivity index (χ2v) is 9.71. The van der Waals surface area contributed by atoms with Crippen LogP contribution in [0.25, 0.3) is 0 Å². The zero-order chi connectivity index (χ0) is 24.4. The monoisotopic (exact) mass is 479 g/mol. The molecule has 0 bridgehead atoms. The maximum absolute atomic E-state index is 13.4. The Hall–Kier alpha value is -2.82. The molecule has 0 aliphatic carbocycles. The first kappa shape index (κ1) is 26.4. The highest BCUT2D eigenvalue weighted by Crippen LogP contribution is 2.24. The van der Waals surface area contributed by atoms with Crippen molar-refractivity contribution in [2.24, 2.45) is 0 Å². The molecule has 10 heteroatoms. The van der Waals surface area contributed by atoms with Crippen LogP contribution in [0.3, 0.4) is 0 Å². The van der Waals surface area contributed by atoms with Crippen LogP contribution in [-0.4, -0.2) is 69.5 Å². The minimum atomic E-state index is -3.62. The van der Waals surface area contributed by atoms with E-state index in [0.717, 1.165) is 10.6 Å². The van der Waals surface area contributed by atoms with Gasteiger partial charge in [0.05, 0.1) is 12.8 Å². The zero-order valence-corrected chi connectivity index (χ0v) is 19.8. The van der Waals surface area contributed by atoms with Gasteiger partial charge in [0.2, 0.25) is 21.8 Å². The van der Waals surface area contributed by atoms with Crippen molar-refractivity contribution in [3.63, 3.8) is 0 Å². The molecular weight excluding hydrogens is 449 g/mol. The molecule has 2 aromatic carbocycles. The fourth-order valence-electron chi connectivity index (χ4n) is 3.14. The smallest absolute Gasteiger partial charge is 0.247 e. The molecular formula is C23H30FN3O5S. The number of methoxy groups -OCH3 is 1. The van der Waals surface area contributed by atoms with E-state index in [1.54, 1.807) is 37.4 Å². The molecule has 0 aliphatic heterocycles. The molecule has 2 amide bonds. The fourth-order valence-corrected chi connectivity index (χ4v) is 3.49. The van der Waals surface area contributed by atoms with Crippen molar-refractivity contribution in [3.8, 4) is 0 Å². The standard InChI is InChI=1S/C23H30FN3O5S/c1-26(33(3,30)31)17-21(28)27(16-18-10-12-20(24)13-11-18)22(19-8-5-4-6-9-19)23(29)25-14-7-15-32-2/h4-6,8-13,22H,7,14-17H2,1-3H3,(H,25,29). The highest BCUT2D eigenvalue weighted by atomic mass is 32.2. The summed E-state index contributed by atoms with van der Waals surface area (Å²) in [5.41, 5.74) is 1.17. The second-order valence-electron chi connectivity index (χ2n) is 7.62. The van der Waals surface area contributed by atoms with E-state index >= 15 is 0 Å². The molecule has 0 spiro atoms. The maximum Gasteiger partial charge on any atom is 0.247 e. The molecule has 8 nitrogen and oxygen atoms in total. The normalized spacial score (nSPS) is 12.4. The molecule has 33 heavy (non-hydrogen) atoms. The molecule has 0 radical (unpaired) electrons. The van der Waals surface area contributed by atoms with Crippen LogP contribution in [0.4, 0.5) is 4.39 Å². The van der Waals surface area contributed by atoms with Crippen molar-refractivity contribution in [3.05, 3.63) is 71.5 Å². The summed E-state index contributed by atoms with van der Waals surface area (Å²) in [6.07, 6.45) is 1.59. The van der Waals surface area contributed by atoms with Crippen molar-refractivity contribution >= 4 is 21.8 Å². The molecule has 0 aromatic heterocycles. The number of ether oxygens (including phenoxy) is 1. The SMILES string of the molecule is COCCCNC(=O)C(c1ccccc1)N(Cc1ccc(F)cc1)C(=O)CN(C)S(C)(=O)=O. The van der Waals surface area contributed by atoms with Crippen LogP contribution in [0.5, 0.6) is 0 Å². The summed E-state index contributed by atoms with van der Waals surface area (Å²) in [7, 11) is -0.756. The zero-order valence-electron chi connectivity index (χ0n) is 19.0. The third-order valence-corrected chi connectivity index (χ3v) is 6.27. The van der Waals surface area contributed by atoms with Crippen LogP contribution in [0.1, 0.15) is 23.6 Å². The minimum Gasteiger partial charge on any atom is -0.385 e. The topological polar surface area (TPSA) is 96.0 Å². The Morgan fingerprint density at radius 3 is 2.30 bits per heavy atom. The Bertz CT molecular complexity index is 1020. The molecule has 1 N–H and O–H groups in total. The highest BCUT2D eigenvalue weighted by Gasteiger charge is 2.32. The first-order chi connectivity index (χ1) is 15.6. The lowest BCUT2D eigenvalue weighted by Crippen LogP contribution is -2.47. The molecule has 1 atom stereocenters. The van der Waals surface area contributed by atoms with E-state index < -0.39 is 40.2 Å². The van der Waals surface area contributed by atoms with Crippen molar-refractivity contribution in [2.75, 3.05) is 40.1 Å². The summed E-state index contributed by atoms with van der Waals surface area (Å²) < 4.78 is 43.1. The van der Waals surface area contributed by atoms with Gasteiger partial charge in [0.1, 0.15) is 11.9 Å². The number of sulfonamides is 1. The van der Waals surface area contributed by atoms with Gasteiger partial charge < -0.3 is 15.0 Å². The third kappa shape index (κ3) is 8.23. The number of benzene rings is 2. The van der Waals surface area contributed by atoms with Gasteiger partial charge in [-0.3, -0.25) is 9.59 Å². The largest absolute Gasteiger partial charge is 0.385 e. The number of hydrogen-bond donors (Lipinski definition) is 1. The summed E-state index contributed by atoms with van der Waals surface area (Å²) in [6, 6.07) is 13.3. The average Bonchev–Trinajstić information content (AvgIpc) is 2.77. The summed E-state index contributed by atoms with van der Waals surface area (Å²) in [5, 5.41) is 2.83. The lowest BCUT2D eigenvalue weighted by Gasteiger charge is -2.32. The summed E-state index contributed by atoms with van der Waals surface area (Å²) in [5.74, 6) is -1.40. The van der Waals surface area contributed by atoms with Crippen LogP contribution in [0.2, 0.25) is 0 Å². The van der Waals surface area contributed by atoms with Gasteiger partial charge in [0, 0.05) is 33.9 Å². The molecule has 0 saturated heterocycles. The van der Waals surface area contributed by atoms with E-state index in [9.17, 15) is 22.4 Å². The number of amides is 2. The quantitative estimate of drug-likeness (QED) is 0.470. The van der Waals surface area contributed by atoms with E-state index in [-0.39, 0.29) is 6.54 Å².